The summed E-state index contributed by atoms with van der Waals surface area (Å²) >= 11 is 0. The van der Waals surface area contributed by atoms with Crippen LogP contribution in [0.1, 0.15) is 37.7 Å². The van der Waals surface area contributed by atoms with Crippen LogP contribution in [0.4, 0.5) is 0 Å². The Bertz CT molecular complexity index is 783. The van der Waals surface area contributed by atoms with Crippen molar-refractivity contribution in [1.29, 1.82) is 0 Å². The van der Waals surface area contributed by atoms with Crippen molar-refractivity contribution in [3.8, 4) is 11.5 Å². The molecule has 2 aromatic rings. The molecule has 0 amide bonds. The van der Waals surface area contributed by atoms with E-state index < -0.39 is 0 Å². The van der Waals surface area contributed by atoms with Crippen LogP contribution in [0.2, 0.25) is 0 Å². The molecule has 0 spiro atoms. The number of methoxy groups -OCH3 is 2. The van der Waals surface area contributed by atoms with Crippen molar-refractivity contribution < 1.29 is 19.1 Å². The molecule has 106 valence electrons. The minimum atomic E-state index is -0.385. The van der Waals surface area contributed by atoms with Gasteiger partial charge in [-0.25, -0.2) is 4.98 Å². The molecule has 0 saturated heterocycles. The van der Waals surface area contributed by atoms with Gasteiger partial charge in [-0.3, -0.25) is 14.6 Å². The number of hydrogen-bond donors (Lipinski definition) is 0. The van der Waals surface area contributed by atoms with E-state index in [9.17, 15) is 9.59 Å². The summed E-state index contributed by atoms with van der Waals surface area (Å²) in [6, 6.07) is 1.55. The van der Waals surface area contributed by atoms with Crippen LogP contribution >= 0.6 is 0 Å². The van der Waals surface area contributed by atoms with Crippen LogP contribution in [0, 0.1) is 6.92 Å². The van der Waals surface area contributed by atoms with Gasteiger partial charge in [0.05, 0.1) is 31.5 Å². The van der Waals surface area contributed by atoms with Crippen LogP contribution in [0.3, 0.4) is 0 Å². The summed E-state index contributed by atoms with van der Waals surface area (Å²) in [6.45, 7) is 1.72. The number of ketones is 2. The summed E-state index contributed by atoms with van der Waals surface area (Å²) in [5.41, 5.74) is 1.18. The smallest absolute Gasteiger partial charge is 0.231 e. The average Bonchev–Trinajstić information content (AvgIpc) is 2.51. The number of hydrogen-bond acceptors (Lipinski definition) is 6. The summed E-state index contributed by atoms with van der Waals surface area (Å²) in [4.78, 5) is 33.3. The van der Waals surface area contributed by atoms with E-state index in [1.165, 1.54) is 26.6 Å². The summed E-state index contributed by atoms with van der Waals surface area (Å²) in [6.07, 6.45) is 2.87. The Labute approximate surface area is 120 Å². The molecule has 0 fully saturated rings. The Morgan fingerprint density at radius 1 is 0.905 bits per heavy atom. The van der Waals surface area contributed by atoms with Gasteiger partial charge in [0.15, 0.2) is 0 Å². The van der Waals surface area contributed by atoms with Gasteiger partial charge in [0, 0.05) is 11.8 Å². The molecular formula is C15H12N2O4. The second-order valence-electron chi connectivity index (χ2n) is 4.57. The van der Waals surface area contributed by atoms with E-state index in [-0.39, 0.29) is 34.1 Å². The van der Waals surface area contributed by atoms with Crippen LogP contribution in [0.5, 0.6) is 11.5 Å². The normalized spacial score (nSPS) is 12.7. The van der Waals surface area contributed by atoms with Crippen LogP contribution in [-0.4, -0.2) is 35.8 Å². The maximum Gasteiger partial charge on any atom is 0.231 e. The van der Waals surface area contributed by atoms with Crippen LogP contribution in [-0.2, 0) is 0 Å². The zero-order valence-corrected chi connectivity index (χ0v) is 11.8. The standard InChI is InChI=1S/C15H12N2O4/c1-7-9(21-3)6-17-12-10(7)14(18)11-8(20-2)4-5-16-13(11)15(12)19/h4-6H,1-3H3. The van der Waals surface area contributed by atoms with Gasteiger partial charge in [-0.2, -0.15) is 0 Å². The fraction of sp³-hybridized carbons (Fsp3) is 0.200. The van der Waals surface area contributed by atoms with Crippen molar-refractivity contribution in [3.63, 3.8) is 0 Å². The lowest BCUT2D eigenvalue weighted by Gasteiger charge is -2.20. The maximum atomic E-state index is 12.8. The molecule has 0 saturated carbocycles. The molecule has 0 radical (unpaired) electrons. The lowest BCUT2D eigenvalue weighted by atomic mass is 9.87. The van der Waals surface area contributed by atoms with E-state index in [4.69, 9.17) is 9.47 Å². The van der Waals surface area contributed by atoms with Crippen LogP contribution in [0.15, 0.2) is 18.5 Å². The summed E-state index contributed by atoms with van der Waals surface area (Å²) < 4.78 is 10.3. The molecule has 0 unspecified atom stereocenters. The quantitative estimate of drug-likeness (QED) is 0.711. The first-order valence-electron chi connectivity index (χ1n) is 6.26. The van der Waals surface area contributed by atoms with Crippen molar-refractivity contribution in [1.82, 2.24) is 9.97 Å². The number of fused-ring (bicyclic) bond motifs is 2. The Balaban J connectivity index is 2.34. The molecule has 1 aliphatic carbocycles. The fourth-order valence-electron chi connectivity index (χ4n) is 2.48. The summed E-state index contributed by atoms with van der Waals surface area (Å²) in [5, 5.41) is 0. The molecule has 0 atom stereocenters. The van der Waals surface area contributed by atoms with Gasteiger partial charge >= 0.3 is 0 Å². The number of nitrogens with zero attached hydrogens (tertiary/aromatic N) is 2. The molecule has 6 nitrogen and oxygen atoms in total. The molecule has 0 bridgehead atoms. The van der Waals surface area contributed by atoms with Gasteiger partial charge in [-0.1, -0.05) is 0 Å². The van der Waals surface area contributed by atoms with Gasteiger partial charge in [-0.15, -0.1) is 0 Å². The lowest BCUT2D eigenvalue weighted by molar-refractivity contribution is 0.0968. The largest absolute Gasteiger partial charge is 0.496 e. The minimum absolute atomic E-state index is 0.0731. The number of ether oxygens (including phenoxy) is 2. The second kappa shape index (κ2) is 4.66. The third-order valence-electron chi connectivity index (χ3n) is 3.53. The molecule has 0 aliphatic heterocycles. The zero-order valence-electron chi connectivity index (χ0n) is 11.8. The first-order chi connectivity index (χ1) is 10.1. The number of carbonyl (C=O) groups excluding carboxylic acids is 2. The van der Waals surface area contributed by atoms with E-state index in [0.29, 0.717) is 17.1 Å². The average molecular weight is 284 g/mol. The summed E-state index contributed by atoms with van der Waals surface area (Å²) in [5.74, 6) is 0.0742. The van der Waals surface area contributed by atoms with Gasteiger partial charge in [0.25, 0.3) is 0 Å². The van der Waals surface area contributed by atoms with Crippen molar-refractivity contribution in [2.75, 3.05) is 14.2 Å². The highest BCUT2D eigenvalue weighted by Gasteiger charge is 2.36. The first-order valence-corrected chi connectivity index (χ1v) is 6.26. The Hall–Kier alpha value is -2.76. The van der Waals surface area contributed by atoms with E-state index >= 15 is 0 Å². The van der Waals surface area contributed by atoms with Crippen molar-refractivity contribution >= 4 is 11.6 Å². The zero-order chi connectivity index (χ0) is 15.1. The van der Waals surface area contributed by atoms with E-state index in [1.54, 1.807) is 13.0 Å². The predicted molar refractivity (Wildman–Crippen MR) is 73.2 cm³/mol. The molecule has 2 heterocycles. The highest BCUT2D eigenvalue weighted by Crippen LogP contribution is 2.34. The van der Waals surface area contributed by atoms with Gasteiger partial charge in [-0.05, 0) is 13.0 Å². The molecule has 0 N–H and O–H groups in total. The monoisotopic (exact) mass is 284 g/mol. The van der Waals surface area contributed by atoms with Gasteiger partial charge < -0.3 is 9.47 Å². The van der Waals surface area contributed by atoms with Crippen LogP contribution in [0.25, 0.3) is 0 Å². The van der Waals surface area contributed by atoms with Crippen molar-refractivity contribution in [3.05, 3.63) is 46.5 Å². The van der Waals surface area contributed by atoms with Crippen LogP contribution < -0.4 is 9.47 Å². The molecular weight excluding hydrogens is 272 g/mol. The topological polar surface area (TPSA) is 78.4 Å². The predicted octanol–water partition coefficient (Wildman–Crippen LogP) is 1.58. The third-order valence-corrected chi connectivity index (χ3v) is 3.53. The number of carbonyl (C=O) groups is 2. The molecule has 2 aromatic heterocycles. The Morgan fingerprint density at radius 2 is 1.57 bits per heavy atom. The van der Waals surface area contributed by atoms with Gasteiger partial charge in [0.2, 0.25) is 11.6 Å². The van der Waals surface area contributed by atoms with Crippen molar-refractivity contribution in [2.45, 2.75) is 6.92 Å². The van der Waals surface area contributed by atoms with E-state index in [0.717, 1.165) is 0 Å². The minimum Gasteiger partial charge on any atom is -0.496 e. The van der Waals surface area contributed by atoms with Crippen molar-refractivity contribution in [2.24, 2.45) is 0 Å². The van der Waals surface area contributed by atoms with E-state index in [1.807, 2.05) is 0 Å². The van der Waals surface area contributed by atoms with E-state index in [2.05, 4.69) is 9.97 Å². The molecule has 0 aromatic carbocycles. The fourth-order valence-corrected chi connectivity index (χ4v) is 2.48. The Kier molecular flexibility index (Phi) is 2.94. The Morgan fingerprint density at radius 3 is 2.24 bits per heavy atom. The lowest BCUT2D eigenvalue weighted by Crippen LogP contribution is -2.25. The first kappa shape index (κ1) is 13.2. The second-order valence-corrected chi connectivity index (χ2v) is 4.57. The number of pyridine rings is 2. The highest BCUT2D eigenvalue weighted by molar-refractivity contribution is 6.28. The summed E-state index contributed by atoms with van der Waals surface area (Å²) in [7, 11) is 2.93. The molecule has 3 rings (SSSR count). The number of rotatable bonds is 2. The third kappa shape index (κ3) is 1.72. The molecule has 6 heteroatoms. The highest BCUT2D eigenvalue weighted by atomic mass is 16.5. The molecule has 1 aliphatic rings. The maximum absolute atomic E-state index is 12.8. The SMILES string of the molecule is COc1cnc2c(c1C)C(=O)c1c(OC)ccnc1C2=O. The van der Waals surface area contributed by atoms with Gasteiger partial charge in [0.1, 0.15) is 22.9 Å². The molecule has 21 heavy (non-hydrogen) atoms. The number of aromatic nitrogens is 2.